The molecule has 1 N–H and O–H groups in total. The Morgan fingerprint density at radius 2 is 2.19 bits per heavy atom. The van der Waals surface area contributed by atoms with Gasteiger partial charge in [0.2, 0.25) is 5.91 Å². The second kappa shape index (κ2) is 8.04. The molecule has 0 saturated carbocycles. The predicted octanol–water partition coefficient (Wildman–Crippen LogP) is 3.64. The Kier molecular flexibility index (Phi) is 5.96. The lowest BCUT2D eigenvalue weighted by molar-refractivity contribution is -0.132. The van der Waals surface area contributed by atoms with Crippen LogP contribution in [0.4, 0.5) is 5.13 Å². The number of thiophene rings is 1. The molecule has 0 aromatic carbocycles. The summed E-state index contributed by atoms with van der Waals surface area (Å²) in [5.74, 6) is -0.0628. The van der Waals surface area contributed by atoms with Gasteiger partial charge in [-0.3, -0.25) is 14.9 Å². The first kappa shape index (κ1) is 19.3. The van der Waals surface area contributed by atoms with Gasteiger partial charge in [-0.15, -0.1) is 11.3 Å². The average molecular weight is 413 g/mol. The molecule has 0 spiro atoms. The van der Waals surface area contributed by atoms with E-state index >= 15 is 0 Å². The molecule has 140 valence electrons. The van der Waals surface area contributed by atoms with Crippen molar-refractivity contribution < 1.29 is 9.59 Å². The number of likely N-dealkylation sites (N-methyl/N-ethyl adjacent to an activating group) is 1. The van der Waals surface area contributed by atoms with Gasteiger partial charge in [0, 0.05) is 16.3 Å². The fraction of sp³-hybridized carbons (Fsp3) is 0.471. The molecular formula is C17H21ClN4O2S2. The molecule has 0 aliphatic carbocycles. The molecule has 1 fully saturated rings. The van der Waals surface area contributed by atoms with Gasteiger partial charge in [-0.2, -0.15) is 0 Å². The summed E-state index contributed by atoms with van der Waals surface area (Å²) in [5, 5.41) is 3.27. The first-order valence-corrected chi connectivity index (χ1v) is 10.3. The lowest BCUT2D eigenvalue weighted by atomic mass is 10.1. The molecule has 6 nitrogen and oxygen atoms in total. The van der Waals surface area contributed by atoms with E-state index in [0.717, 1.165) is 29.1 Å². The van der Waals surface area contributed by atoms with Crippen LogP contribution in [0.25, 0.3) is 0 Å². The van der Waals surface area contributed by atoms with Gasteiger partial charge in [-0.25, -0.2) is 4.98 Å². The van der Waals surface area contributed by atoms with E-state index in [4.69, 9.17) is 11.6 Å². The largest absolute Gasteiger partial charge is 0.334 e. The highest BCUT2D eigenvalue weighted by molar-refractivity contribution is 7.19. The Hall–Kier alpha value is -1.48. The summed E-state index contributed by atoms with van der Waals surface area (Å²) in [6.07, 6.45) is 3.43. The maximum Gasteiger partial charge on any atom is 0.258 e. The van der Waals surface area contributed by atoms with Gasteiger partial charge in [0.1, 0.15) is 4.34 Å². The molecule has 0 radical (unpaired) electrons. The molecule has 1 saturated heterocycles. The highest BCUT2D eigenvalue weighted by Crippen LogP contribution is 2.37. The summed E-state index contributed by atoms with van der Waals surface area (Å²) in [7, 11) is 3.79. The van der Waals surface area contributed by atoms with Crippen molar-refractivity contribution in [3.8, 4) is 0 Å². The van der Waals surface area contributed by atoms with Crippen LogP contribution >= 0.6 is 34.3 Å². The highest BCUT2D eigenvalue weighted by atomic mass is 35.5. The first-order valence-electron chi connectivity index (χ1n) is 8.32. The summed E-state index contributed by atoms with van der Waals surface area (Å²) in [6.45, 7) is 3.10. The molecule has 1 atom stereocenters. The Labute approximate surface area is 165 Å². The number of hydrogen-bond acceptors (Lipinski definition) is 6. The average Bonchev–Trinajstić information content (AvgIpc) is 3.26. The number of nitrogens with one attached hydrogen (secondary N) is 1. The first-order chi connectivity index (χ1) is 12.3. The topological polar surface area (TPSA) is 65.5 Å². The molecule has 2 amide bonds. The van der Waals surface area contributed by atoms with Crippen LogP contribution in [0, 0.1) is 6.92 Å². The zero-order valence-electron chi connectivity index (χ0n) is 14.9. The van der Waals surface area contributed by atoms with Gasteiger partial charge in [-0.1, -0.05) is 22.9 Å². The molecule has 1 unspecified atom stereocenters. The highest BCUT2D eigenvalue weighted by Gasteiger charge is 2.32. The summed E-state index contributed by atoms with van der Waals surface area (Å²) >= 11 is 8.67. The minimum absolute atomic E-state index is 0.0574. The number of thiazole rings is 1. The van der Waals surface area contributed by atoms with E-state index in [1.54, 1.807) is 11.3 Å². The molecular weight excluding hydrogens is 392 g/mol. The van der Waals surface area contributed by atoms with E-state index in [1.807, 2.05) is 36.9 Å². The number of halogens is 1. The molecule has 0 bridgehead atoms. The van der Waals surface area contributed by atoms with Crippen molar-refractivity contribution in [1.29, 1.82) is 0 Å². The van der Waals surface area contributed by atoms with E-state index in [9.17, 15) is 9.59 Å². The number of carbonyl (C=O) groups excluding carboxylic acids is 2. The van der Waals surface area contributed by atoms with Crippen molar-refractivity contribution in [1.82, 2.24) is 14.8 Å². The van der Waals surface area contributed by atoms with Crippen molar-refractivity contribution in [2.45, 2.75) is 25.8 Å². The van der Waals surface area contributed by atoms with Crippen LogP contribution < -0.4 is 5.32 Å². The smallest absolute Gasteiger partial charge is 0.258 e. The minimum atomic E-state index is -0.194. The Balaban J connectivity index is 1.76. The quantitative estimate of drug-likeness (QED) is 0.814. The predicted molar refractivity (Wildman–Crippen MR) is 106 cm³/mol. The molecule has 3 rings (SSSR count). The number of aromatic nitrogens is 1. The number of amides is 2. The zero-order valence-corrected chi connectivity index (χ0v) is 17.3. The van der Waals surface area contributed by atoms with Gasteiger partial charge in [0.15, 0.2) is 5.13 Å². The fourth-order valence-electron chi connectivity index (χ4n) is 3.09. The minimum Gasteiger partial charge on any atom is -0.334 e. The number of anilines is 1. The number of nitrogens with zero attached hydrogens (tertiary/aromatic N) is 3. The second-order valence-corrected chi connectivity index (χ2v) is 9.48. The number of aryl methyl sites for hydroxylation is 1. The van der Waals surface area contributed by atoms with E-state index in [2.05, 4.69) is 10.3 Å². The molecule has 1 aliphatic rings. The number of carbonyl (C=O) groups is 2. The second-order valence-electron chi connectivity index (χ2n) is 6.53. The van der Waals surface area contributed by atoms with Gasteiger partial charge < -0.3 is 9.80 Å². The summed E-state index contributed by atoms with van der Waals surface area (Å²) in [5.41, 5.74) is 0.628. The SMILES string of the molecule is Cc1sc(C2CCCN2C(=O)CN(C)C)cc1C(=O)Nc1ncc(Cl)s1. The summed E-state index contributed by atoms with van der Waals surface area (Å²) in [6, 6.07) is 1.97. The summed E-state index contributed by atoms with van der Waals surface area (Å²) < 4.78 is 0.532. The standard InChI is InChI=1S/C17H21ClN4O2S2/c1-10-11(16(24)20-17-19-8-14(18)26-17)7-13(25-10)12-5-4-6-22(12)15(23)9-21(2)3/h7-8,12H,4-6,9H2,1-3H3,(H,19,20,24). The van der Waals surface area contributed by atoms with E-state index in [-0.39, 0.29) is 17.9 Å². The third-order valence-electron chi connectivity index (χ3n) is 4.23. The van der Waals surface area contributed by atoms with E-state index in [0.29, 0.717) is 21.6 Å². The normalized spacial score (nSPS) is 17.1. The van der Waals surface area contributed by atoms with Crippen LogP contribution in [0.1, 0.15) is 39.0 Å². The van der Waals surface area contributed by atoms with Crippen LogP contribution in [-0.4, -0.2) is 53.8 Å². The van der Waals surface area contributed by atoms with Crippen LogP contribution in [0.5, 0.6) is 0 Å². The molecule has 3 heterocycles. The molecule has 1 aliphatic heterocycles. The number of hydrogen-bond donors (Lipinski definition) is 1. The van der Waals surface area contributed by atoms with Crippen molar-refractivity contribution in [3.05, 3.63) is 31.9 Å². The lowest BCUT2D eigenvalue weighted by Gasteiger charge is -2.25. The molecule has 9 heteroatoms. The van der Waals surface area contributed by atoms with Gasteiger partial charge in [0.05, 0.1) is 24.3 Å². The molecule has 2 aromatic heterocycles. The van der Waals surface area contributed by atoms with Crippen LogP contribution in [-0.2, 0) is 4.79 Å². The lowest BCUT2D eigenvalue weighted by Crippen LogP contribution is -2.37. The van der Waals surface area contributed by atoms with Gasteiger partial charge in [-0.05, 0) is 39.9 Å². The Morgan fingerprint density at radius 1 is 1.42 bits per heavy atom. The van der Waals surface area contributed by atoms with Crippen LogP contribution in [0.2, 0.25) is 4.34 Å². The van der Waals surface area contributed by atoms with E-state index in [1.165, 1.54) is 17.5 Å². The molecule has 26 heavy (non-hydrogen) atoms. The van der Waals surface area contributed by atoms with Crippen molar-refractivity contribution in [3.63, 3.8) is 0 Å². The Morgan fingerprint density at radius 3 is 2.85 bits per heavy atom. The maximum atomic E-state index is 12.6. The van der Waals surface area contributed by atoms with Crippen molar-refractivity contribution >= 4 is 51.2 Å². The van der Waals surface area contributed by atoms with Gasteiger partial charge in [0.25, 0.3) is 5.91 Å². The van der Waals surface area contributed by atoms with E-state index < -0.39 is 0 Å². The van der Waals surface area contributed by atoms with Crippen molar-refractivity contribution in [2.75, 3.05) is 32.5 Å². The van der Waals surface area contributed by atoms with Crippen molar-refractivity contribution in [2.24, 2.45) is 0 Å². The third kappa shape index (κ3) is 4.25. The third-order valence-corrected chi connectivity index (χ3v) is 6.41. The summed E-state index contributed by atoms with van der Waals surface area (Å²) in [4.78, 5) is 34.9. The van der Waals surface area contributed by atoms with Gasteiger partial charge >= 0.3 is 0 Å². The Bertz CT molecular complexity index is 818. The maximum absolute atomic E-state index is 12.6. The number of rotatable bonds is 5. The van der Waals surface area contributed by atoms with Crippen LogP contribution in [0.15, 0.2) is 12.3 Å². The fourth-order valence-corrected chi connectivity index (χ4v) is 5.07. The van der Waals surface area contributed by atoms with Crippen LogP contribution in [0.3, 0.4) is 0 Å². The monoisotopic (exact) mass is 412 g/mol. The zero-order chi connectivity index (χ0) is 18.8. The number of likely N-dealkylation sites (tertiary alicyclic amines) is 1. The molecule has 2 aromatic rings.